The third-order valence-electron chi connectivity index (χ3n) is 4.24. The lowest BCUT2D eigenvalue weighted by molar-refractivity contribution is -0.126. The van der Waals surface area contributed by atoms with Crippen molar-refractivity contribution in [2.24, 2.45) is 10.2 Å². The molecule has 33 heavy (non-hydrogen) atoms. The highest BCUT2D eigenvalue weighted by Gasteiger charge is 2.26. The summed E-state index contributed by atoms with van der Waals surface area (Å²) >= 11 is 12.4. The third-order valence-corrected chi connectivity index (χ3v) is 4.82. The number of Topliss-reactive ketones (excluding diaryl/α,β-unsaturated/α-hetero) is 1. The topological polar surface area (TPSA) is 108 Å². The van der Waals surface area contributed by atoms with Crippen LogP contribution < -0.4 is 24.3 Å². The Morgan fingerprint density at radius 1 is 0.970 bits per heavy atom. The van der Waals surface area contributed by atoms with Crippen LogP contribution in [0.5, 0.6) is 23.0 Å². The molecular formula is C22H25Cl2N3O6. The number of ether oxygens (including phenoxy) is 4. The number of rotatable bonds is 11. The number of nitrogens with zero attached hydrogens (tertiary/aromatic N) is 2. The Hall–Kier alpha value is -3.04. The number of benzene rings is 2. The first-order valence-electron chi connectivity index (χ1n) is 9.99. The molecule has 1 N–H and O–H groups in total. The van der Waals surface area contributed by atoms with Crippen LogP contribution in [0.15, 0.2) is 34.5 Å². The van der Waals surface area contributed by atoms with Gasteiger partial charge < -0.3 is 24.3 Å². The third kappa shape index (κ3) is 6.49. The zero-order valence-electron chi connectivity index (χ0n) is 18.9. The molecule has 0 saturated carbocycles. The van der Waals surface area contributed by atoms with E-state index in [1.807, 2.05) is 6.92 Å². The quantitative estimate of drug-likeness (QED) is 0.324. The highest BCUT2D eigenvalue weighted by atomic mass is 35.5. The van der Waals surface area contributed by atoms with Gasteiger partial charge in [-0.05, 0) is 32.9 Å². The van der Waals surface area contributed by atoms with Crippen LogP contribution in [-0.4, -0.2) is 45.2 Å². The van der Waals surface area contributed by atoms with Crippen molar-refractivity contribution < 1.29 is 28.5 Å². The average Bonchev–Trinajstić information content (AvgIpc) is 2.76. The molecular weight excluding hydrogens is 473 g/mol. The van der Waals surface area contributed by atoms with Crippen LogP contribution in [-0.2, 0) is 9.59 Å². The van der Waals surface area contributed by atoms with E-state index in [1.54, 1.807) is 19.1 Å². The molecule has 2 aromatic rings. The number of amides is 1. The molecule has 1 amide bonds. The van der Waals surface area contributed by atoms with Crippen molar-refractivity contribution in [3.8, 4) is 23.0 Å². The van der Waals surface area contributed by atoms with Crippen LogP contribution in [0.1, 0.15) is 20.8 Å². The van der Waals surface area contributed by atoms with E-state index in [0.29, 0.717) is 24.0 Å². The minimum absolute atomic E-state index is 0.214. The lowest BCUT2D eigenvalue weighted by atomic mass is 10.2. The van der Waals surface area contributed by atoms with E-state index in [2.05, 4.69) is 15.5 Å². The average molecular weight is 498 g/mol. The van der Waals surface area contributed by atoms with Gasteiger partial charge in [0.15, 0.2) is 23.0 Å². The fraction of sp³-hybridized carbons (Fsp3) is 0.364. The van der Waals surface area contributed by atoms with Gasteiger partial charge in [0.25, 0.3) is 5.91 Å². The van der Waals surface area contributed by atoms with Gasteiger partial charge in [-0.25, -0.2) is 0 Å². The van der Waals surface area contributed by atoms with E-state index in [0.717, 1.165) is 0 Å². The molecule has 0 aromatic heterocycles. The summed E-state index contributed by atoms with van der Waals surface area (Å²) in [4.78, 5) is 25.1. The zero-order valence-corrected chi connectivity index (χ0v) is 20.4. The molecule has 0 aliphatic carbocycles. The van der Waals surface area contributed by atoms with Gasteiger partial charge in [-0.2, -0.15) is 10.2 Å². The summed E-state index contributed by atoms with van der Waals surface area (Å²) in [6.07, 6.45) is 0. The summed E-state index contributed by atoms with van der Waals surface area (Å²) in [5.74, 6) is -0.105. The first-order chi connectivity index (χ1) is 15.8. The molecule has 0 saturated heterocycles. The maximum atomic E-state index is 12.9. The fourth-order valence-electron chi connectivity index (χ4n) is 2.84. The number of hydrogen-bond acceptors (Lipinski definition) is 8. The largest absolute Gasteiger partial charge is 0.494 e. The maximum absolute atomic E-state index is 12.9. The summed E-state index contributed by atoms with van der Waals surface area (Å²) < 4.78 is 21.5. The van der Waals surface area contributed by atoms with Crippen molar-refractivity contribution in [3.63, 3.8) is 0 Å². The van der Waals surface area contributed by atoms with Gasteiger partial charge in [-0.15, -0.1) is 0 Å². The predicted molar refractivity (Wildman–Crippen MR) is 126 cm³/mol. The van der Waals surface area contributed by atoms with E-state index in [4.69, 9.17) is 42.1 Å². The van der Waals surface area contributed by atoms with Crippen LogP contribution in [0.25, 0.3) is 0 Å². The Bertz CT molecular complexity index is 1050. The van der Waals surface area contributed by atoms with Crippen LogP contribution in [0.4, 0.5) is 11.4 Å². The van der Waals surface area contributed by atoms with E-state index in [1.165, 1.54) is 33.3 Å². The molecule has 0 bridgehead atoms. The number of carbonyl (C=O) groups excluding carboxylic acids is 2. The van der Waals surface area contributed by atoms with Crippen LogP contribution >= 0.6 is 23.2 Å². The summed E-state index contributed by atoms with van der Waals surface area (Å²) in [6.45, 7) is 5.53. The molecule has 0 spiro atoms. The molecule has 11 heteroatoms. The van der Waals surface area contributed by atoms with Crippen molar-refractivity contribution in [2.75, 3.05) is 32.8 Å². The molecule has 0 radical (unpaired) electrons. The lowest BCUT2D eigenvalue weighted by Gasteiger charge is -2.16. The first kappa shape index (κ1) is 26.2. The molecule has 1 unspecified atom stereocenters. The molecule has 0 aliphatic heterocycles. The van der Waals surface area contributed by atoms with Gasteiger partial charge in [0, 0.05) is 12.1 Å². The summed E-state index contributed by atoms with van der Waals surface area (Å²) in [5.41, 5.74) is 0.471. The van der Waals surface area contributed by atoms with Crippen LogP contribution in [0.2, 0.25) is 10.0 Å². The second-order valence-corrected chi connectivity index (χ2v) is 7.31. The Labute approximate surface area is 202 Å². The molecule has 2 rings (SSSR count). The number of hydrogen-bond donors (Lipinski definition) is 1. The second-order valence-electron chi connectivity index (χ2n) is 6.50. The predicted octanol–water partition coefficient (Wildman–Crippen LogP) is 5.49. The number of methoxy groups -OCH3 is 2. The van der Waals surface area contributed by atoms with E-state index < -0.39 is 17.7 Å². The Balaban J connectivity index is 2.39. The first-order valence-corrected chi connectivity index (χ1v) is 10.7. The van der Waals surface area contributed by atoms with E-state index >= 15 is 0 Å². The van der Waals surface area contributed by atoms with Crippen molar-refractivity contribution >= 4 is 46.3 Å². The normalized spacial score (nSPS) is 11.7. The number of anilines is 1. The Morgan fingerprint density at radius 3 is 2.21 bits per heavy atom. The Morgan fingerprint density at radius 2 is 1.64 bits per heavy atom. The molecule has 2 aromatic carbocycles. The summed E-state index contributed by atoms with van der Waals surface area (Å²) in [6, 6.07) is 4.75. The minimum Gasteiger partial charge on any atom is -0.494 e. The smallest absolute Gasteiger partial charge is 0.258 e. The molecule has 178 valence electrons. The van der Waals surface area contributed by atoms with Crippen molar-refractivity contribution in [2.45, 2.75) is 26.8 Å². The van der Waals surface area contributed by atoms with E-state index in [9.17, 15) is 9.59 Å². The minimum atomic E-state index is -1.44. The number of halogens is 2. The SMILES string of the molecule is CCOc1cc(Cl)c(OCC)c(NC(=O)C(N=Nc2ccc(Cl)c(OC)c2OC)C(C)=O)c1. The molecule has 0 fully saturated rings. The number of azo groups is 1. The van der Waals surface area contributed by atoms with Gasteiger partial charge in [0.1, 0.15) is 11.4 Å². The van der Waals surface area contributed by atoms with Crippen molar-refractivity contribution in [1.29, 1.82) is 0 Å². The molecule has 0 aliphatic rings. The molecule has 1 atom stereocenters. The standard InChI is InChI=1S/C22H25Cl2N3O6/c1-6-32-13-10-15(24)19(33-7-2)17(11-13)25-22(29)18(12(3)28)27-26-16-9-8-14(23)20(30-4)21(16)31-5/h8-11,18H,6-7H2,1-5H3,(H,25,29). The van der Waals surface area contributed by atoms with Gasteiger partial charge in [0.05, 0.1) is 43.2 Å². The highest BCUT2D eigenvalue weighted by molar-refractivity contribution is 6.33. The van der Waals surface area contributed by atoms with Crippen molar-refractivity contribution in [1.82, 2.24) is 0 Å². The number of nitrogens with one attached hydrogen (secondary N) is 1. The van der Waals surface area contributed by atoms with E-state index in [-0.39, 0.29) is 33.6 Å². The number of carbonyl (C=O) groups is 2. The van der Waals surface area contributed by atoms with Gasteiger partial charge >= 0.3 is 0 Å². The lowest BCUT2D eigenvalue weighted by Crippen LogP contribution is -2.32. The highest BCUT2D eigenvalue weighted by Crippen LogP contribution is 2.42. The fourth-order valence-corrected chi connectivity index (χ4v) is 3.33. The van der Waals surface area contributed by atoms with Gasteiger partial charge in [-0.3, -0.25) is 9.59 Å². The Kier molecular flexibility index (Phi) is 9.74. The van der Waals surface area contributed by atoms with Crippen LogP contribution in [0, 0.1) is 0 Å². The van der Waals surface area contributed by atoms with Crippen molar-refractivity contribution in [3.05, 3.63) is 34.3 Å². The monoisotopic (exact) mass is 497 g/mol. The number of ketones is 1. The second kappa shape index (κ2) is 12.3. The summed E-state index contributed by atoms with van der Waals surface area (Å²) in [7, 11) is 2.83. The van der Waals surface area contributed by atoms with Gasteiger partial charge in [0.2, 0.25) is 6.04 Å². The zero-order chi connectivity index (χ0) is 24.5. The molecule has 9 nitrogen and oxygen atoms in total. The van der Waals surface area contributed by atoms with Gasteiger partial charge in [-0.1, -0.05) is 23.2 Å². The maximum Gasteiger partial charge on any atom is 0.258 e. The molecule has 0 heterocycles. The summed E-state index contributed by atoms with van der Waals surface area (Å²) in [5, 5.41) is 11.2. The van der Waals surface area contributed by atoms with Crippen LogP contribution in [0.3, 0.4) is 0 Å².